The molecule has 0 bridgehead atoms. The van der Waals surface area contributed by atoms with Crippen molar-refractivity contribution in [3.8, 4) is 0 Å². The van der Waals surface area contributed by atoms with Crippen LogP contribution in [0.1, 0.15) is 20.8 Å². The Morgan fingerprint density at radius 1 is 1.18 bits per heavy atom. The third-order valence-corrected chi connectivity index (χ3v) is 1.31. The van der Waals surface area contributed by atoms with Crippen molar-refractivity contribution in [2.24, 2.45) is 0 Å². The number of carboxylic acid groups (broad SMARTS) is 1. The van der Waals surface area contributed by atoms with Crippen LogP contribution in [-0.4, -0.2) is 49.3 Å². The summed E-state index contributed by atoms with van der Waals surface area (Å²) in [6, 6.07) is 0. The number of rotatable bonds is 7. The average molecular weight is 249 g/mol. The second-order valence-corrected chi connectivity index (χ2v) is 4.18. The molecule has 0 saturated heterocycles. The number of nitrogens with one attached hydrogen (secondary N) is 1. The van der Waals surface area contributed by atoms with Gasteiger partial charge in [-0.3, -0.25) is 5.32 Å². The molecular formula is C10H19NO6. The Kier molecular flexibility index (Phi) is 7.24. The van der Waals surface area contributed by atoms with Gasteiger partial charge in [0.25, 0.3) is 0 Å². The molecule has 1 amide bonds. The van der Waals surface area contributed by atoms with Crippen LogP contribution >= 0.6 is 0 Å². The summed E-state index contributed by atoms with van der Waals surface area (Å²) >= 11 is 0. The molecule has 7 nitrogen and oxygen atoms in total. The van der Waals surface area contributed by atoms with Crippen molar-refractivity contribution in [2.45, 2.75) is 26.4 Å². The van der Waals surface area contributed by atoms with Crippen LogP contribution in [0.5, 0.6) is 0 Å². The molecule has 0 fully saturated rings. The van der Waals surface area contributed by atoms with Gasteiger partial charge < -0.3 is 19.3 Å². The Balaban J connectivity index is 3.34. The highest BCUT2D eigenvalue weighted by molar-refractivity contribution is 5.68. The summed E-state index contributed by atoms with van der Waals surface area (Å²) in [5, 5.41) is 10.6. The summed E-state index contributed by atoms with van der Waals surface area (Å²) in [5.41, 5.74) is -0.547. The third-order valence-electron chi connectivity index (χ3n) is 1.31. The van der Waals surface area contributed by atoms with E-state index in [9.17, 15) is 9.59 Å². The van der Waals surface area contributed by atoms with E-state index in [1.54, 1.807) is 20.8 Å². The summed E-state index contributed by atoms with van der Waals surface area (Å²) in [5.74, 6) is -1.03. The second-order valence-electron chi connectivity index (χ2n) is 4.18. The molecule has 0 radical (unpaired) electrons. The van der Waals surface area contributed by atoms with Gasteiger partial charge in [-0.25, -0.2) is 9.59 Å². The van der Waals surface area contributed by atoms with Crippen molar-refractivity contribution in [1.82, 2.24) is 5.32 Å². The maximum Gasteiger partial charge on any atom is 0.409 e. The Bertz CT molecular complexity index is 248. The molecule has 0 rings (SSSR count). The quantitative estimate of drug-likeness (QED) is 0.506. The molecule has 0 aliphatic heterocycles. The fourth-order valence-electron chi connectivity index (χ4n) is 0.774. The second kappa shape index (κ2) is 7.86. The van der Waals surface area contributed by atoms with Gasteiger partial charge in [-0.2, -0.15) is 0 Å². The van der Waals surface area contributed by atoms with Crippen molar-refractivity contribution in [1.29, 1.82) is 0 Å². The van der Waals surface area contributed by atoms with Crippen LogP contribution in [0, 0.1) is 0 Å². The molecule has 2 N–H and O–H groups in total. The van der Waals surface area contributed by atoms with Gasteiger partial charge in [0.15, 0.2) is 0 Å². The molecule has 0 spiro atoms. The van der Waals surface area contributed by atoms with Gasteiger partial charge in [-0.15, -0.1) is 0 Å². The Morgan fingerprint density at radius 3 is 2.29 bits per heavy atom. The van der Waals surface area contributed by atoms with Crippen molar-refractivity contribution < 1.29 is 28.9 Å². The molecular weight excluding hydrogens is 230 g/mol. The number of carbonyl (C=O) groups is 2. The molecule has 0 heterocycles. The Hall–Kier alpha value is -1.34. The van der Waals surface area contributed by atoms with E-state index in [2.05, 4.69) is 5.32 Å². The zero-order valence-corrected chi connectivity index (χ0v) is 10.3. The van der Waals surface area contributed by atoms with Crippen molar-refractivity contribution in [2.75, 3.05) is 26.6 Å². The van der Waals surface area contributed by atoms with E-state index < -0.39 is 17.7 Å². The van der Waals surface area contributed by atoms with Crippen LogP contribution in [0.3, 0.4) is 0 Å². The minimum absolute atomic E-state index is 0.00859. The van der Waals surface area contributed by atoms with E-state index in [1.165, 1.54) is 0 Å². The first-order valence-corrected chi connectivity index (χ1v) is 5.15. The summed E-state index contributed by atoms with van der Waals surface area (Å²) in [4.78, 5) is 21.2. The molecule has 0 saturated carbocycles. The molecule has 0 unspecified atom stereocenters. The number of hydrogen-bond acceptors (Lipinski definition) is 5. The summed E-state index contributed by atoms with van der Waals surface area (Å²) in [6.45, 7) is 5.26. The fourth-order valence-corrected chi connectivity index (χ4v) is 0.774. The van der Waals surface area contributed by atoms with Gasteiger partial charge in [0.05, 0.1) is 13.2 Å². The maximum absolute atomic E-state index is 11.1. The number of aliphatic carboxylic acids is 1. The third kappa shape index (κ3) is 12.6. The summed E-state index contributed by atoms with van der Waals surface area (Å²) in [6.07, 6.45) is -0.566. The highest BCUT2D eigenvalue weighted by atomic mass is 16.6. The summed E-state index contributed by atoms with van der Waals surface area (Å²) in [7, 11) is 0. The minimum atomic E-state index is -1.03. The maximum atomic E-state index is 11.1. The average Bonchev–Trinajstić information content (AvgIpc) is 2.12. The van der Waals surface area contributed by atoms with Gasteiger partial charge in [0, 0.05) is 0 Å². The van der Waals surface area contributed by atoms with E-state index in [0.29, 0.717) is 0 Å². The van der Waals surface area contributed by atoms with Crippen molar-refractivity contribution >= 4 is 12.1 Å². The van der Waals surface area contributed by atoms with Crippen LogP contribution in [0.2, 0.25) is 0 Å². The number of alkyl carbamates (subject to hydrolysis) is 1. The molecule has 7 heteroatoms. The van der Waals surface area contributed by atoms with Crippen LogP contribution in [-0.2, 0) is 19.0 Å². The Morgan fingerprint density at radius 2 is 1.76 bits per heavy atom. The largest absolute Gasteiger partial charge is 0.480 e. The molecule has 100 valence electrons. The zero-order chi connectivity index (χ0) is 13.3. The minimum Gasteiger partial charge on any atom is -0.480 e. The van der Waals surface area contributed by atoms with Gasteiger partial charge in [0.1, 0.15) is 18.9 Å². The van der Waals surface area contributed by atoms with E-state index in [0.717, 1.165) is 0 Å². The van der Waals surface area contributed by atoms with Gasteiger partial charge in [0.2, 0.25) is 0 Å². The number of amides is 1. The molecule has 0 aliphatic carbocycles. The highest BCUT2D eigenvalue weighted by Gasteiger charge is 2.15. The first-order valence-electron chi connectivity index (χ1n) is 5.15. The lowest BCUT2D eigenvalue weighted by Gasteiger charge is -2.19. The van der Waals surface area contributed by atoms with Crippen molar-refractivity contribution in [3.05, 3.63) is 0 Å². The SMILES string of the molecule is CC(C)(C)OC(=O)NCOCCOCC(=O)O. The lowest BCUT2D eigenvalue weighted by molar-refractivity contribution is -0.142. The number of hydrogen-bond donors (Lipinski definition) is 2. The number of carboxylic acids is 1. The van der Waals surface area contributed by atoms with Gasteiger partial charge in [-0.05, 0) is 20.8 Å². The predicted octanol–water partition coefficient (Wildman–Crippen LogP) is 0.586. The monoisotopic (exact) mass is 249 g/mol. The van der Waals surface area contributed by atoms with Gasteiger partial charge >= 0.3 is 12.1 Å². The predicted molar refractivity (Wildman–Crippen MR) is 58.6 cm³/mol. The van der Waals surface area contributed by atoms with E-state index in [-0.39, 0.29) is 26.6 Å². The van der Waals surface area contributed by atoms with Crippen molar-refractivity contribution in [3.63, 3.8) is 0 Å². The smallest absolute Gasteiger partial charge is 0.409 e. The molecule has 0 aliphatic rings. The summed E-state index contributed by atoms with van der Waals surface area (Å²) < 4.78 is 14.6. The zero-order valence-electron chi connectivity index (χ0n) is 10.3. The first kappa shape index (κ1) is 15.7. The van der Waals surface area contributed by atoms with E-state index in [1.807, 2.05) is 0 Å². The van der Waals surface area contributed by atoms with E-state index >= 15 is 0 Å². The first-order chi connectivity index (χ1) is 7.81. The molecule has 0 aromatic rings. The van der Waals surface area contributed by atoms with Crippen LogP contribution in [0.25, 0.3) is 0 Å². The molecule has 17 heavy (non-hydrogen) atoms. The lowest BCUT2D eigenvalue weighted by Crippen LogP contribution is -2.34. The lowest BCUT2D eigenvalue weighted by atomic mass is 10.2. The Labute approximate surface area is 100 Å². The molecule has 0 atom stereocenters. The van der Waals surface area contributed by atoms with E-state index in [4.69, 9.17) is 19.3 Å². The van der Waals surface area contributed by atoms with Crippen LogP contribution in [0.4, 0.5) is 4.79 Å². The van der Waals surface area contributed by atoms with Crippen LogP contribution < -0.4 is 5.32 Å². The number of ether oxygens (including phenoxy) is 3. The normalized spacial score (nSPS) is 11.0. The van der Waals surface area contributed by atoms with Crippen LogP contribution in [0.15, 0.2) is 0 Å². The topological polar surface area (TPSA) is 94.1 Å². The molecule has 0 aromatic heterocycles. The van der Waals surface area contributed by atoms with Gasteiger partial charge in [-0.1, -0.05) is 0 Å². The molecule has 0 aromatic carbocycles. The standard InChI is InChI=1S/C10H19NO6/c1-10(2,3)17-9(14)11-7-16-5-4-15-6-8(12)13/h4-7H2,1-3H3,(H,11,14)(H,12,13). The number of carbonyl (C=O) groups excluding carboxylic acids is 1. The fraction of sp³-hybridized carbons (Fsp3) is 0.800. The highest BCUT2D eigenvalue weighted by Crippen LogP contribution is 2.05.